The second-order valence-electron chi connectivity index (χ2n) is 7.38. The molecule has 0 spiro atoms. The second kappa shape index (κ2) is 11.3. The molecule has 0 bridgehead atoms. The average Bonchev–Trinajstić information content (AvgIpc) is 2.81. The Hall–Kier alpha value is -3.12. The summed E-state index contributed by atoms with van der Waals surface area (Å²) in [4.78, 5) is 28.4. The molecule has 1 saturated heterocycles. The number of rotatable bonds is 9. The minimum absolute atomic E-state index is 0.0177. The summed E-state index contributed by atoms with van der Waals surface area (Å²) in [5, 5.41) is 13.5. The molecule has 0 atom stereocenters. The van der Waals surface area contributed by atoms with E-state index in [1.54, 1.807) is 4.90 Å². The monoisotopic (exact) mass is 502 g/mol. The normalized spacial score (nSPS) is 14.1. The molecular formula is C21H22ClF3N4O5. The Bertz CT molecular complexity index is 1030. The van der Waals surface area contributed by atoms with Gasteiger partial charge in [0.15, 0.2) is 0 Å². The molecule has 1 N–H and O–H groups in total. The van der Waals surface area contributed by atoms with E-state index in [4.69, 9.17) is 21.1 Å². The van der Waals surface area contributed by atoms with Gasteiger partial charge in [-0.05, 0) is 25.0 Å². The van der Waals surface area contributed by atoms with Crippen LogP contribution in [0.15, 0.2) is 30.3 Å². The van der Waals surface area contributed by atoms with Crippen molar-refractivity contribution in [3.05, 3.63) is 56.6 Å². The summed E-state index contributed by atoms with van der Waals surface area (Å²) in [6, 6.07) is 5.41. The first-order chi connectivity index (χ1) is 16.1. The maximum atomic E-state index is 13.3. The lowest BCUT2D eigenvalue weighted by Crippen LogP contribution is -2.37. The van der Waals surface area contributed by atoms with Crippen molar-refractivity contribution in [2.24, 2.45) is 0 Å². The van der Waals surface area contributed by atoms with Gasteiger partial charge in [0.2, 0.25) is 5.88 Å². The Morgan fingerprint density at radius 1 is 1.24 bits per heavy atom. The fourth-order valence-corrected chi connectivity index (χ4v) is 3.39. The van der Waals surface area contributed by atoms with Gasteiger partial charge in [-0.1, -0.05) is 11.6 Å². The van der Waals surface area contributed by atoms with Gasteiger partial charge in [-0.2, -0.15) is 18.2 Å². The summed E-state index contributed by atoms with van der Waals surface area (Å²) >= 11 is 5.94. The zero-order valence-corrected chi connectivity index (χ0v) is 18.7. The Balaban J connectivity index is 1.51. The second-order valence-corrected chi connectivity index (χ2v) is 7.79. The fraction of sp³-hybridized carbons (Fsp3) is 0.429. The molecule has 1 aromatic heterocycles. The van der Waals surface area contributed by atoms with Crippen LogP contribution >= 0.6 is 11.6 Å². The van der Waals surface area contributed by atoms with Gasteiger partial charge in [-0.25, -0.2) is 0 Å². The van der Waals surface area contributed by atoms with Crippen LogP contribution in [0.1, 0.15) is 28.8 Å². The van der Waals surface area contributed by atoms with Crippen molar-refractivity contribution in [3.8, 4) is 5.88 Å². The van der Waals surface area contributed by atoms with Crippen LogP contribution in [0.5, 0.6) is 5.88 Å². The van der Waals surface area contributed by atoms with Gasteiger partial charge in [0.1, 0.15) is 5.82 Å². The number of carbonyl (C=O) groups excluding carboxylic acids is 1. The predicted molar refractivity (Wildman–Crippen MR) is 117 cm³/mol. The Kier molecular flexibility index (Phi) is 8.51. The third-order valence-corrected chi connectivity index (χ3v) is 5.29. The smallest absolute Gasteiger partial charge is 0.416 e. The highest BCUT2D eigenvalue weighted by molar-refractivity contribution is 6.33. The molecule has 184 valence electrons. The van der Waals surface area contributed by atoms with Crippen LogP contribution in [-0.4, -0.2) is 55.3 Å². The summed E-state index contributed by atoms with van der Waals surface area (Å²) < 4.78 is 50.6. The molecule has 0 radical (unpaired) electrons. The number of nitrogens with zero attached hydrogens (tertiary/aromatic N) is 3. The Morgan fingerprint density at radius 3 is 2.65 bits per heavy atom. The summed E-state index contributed by atoms with van der Waals surface area (Å²) in [7, 11) is 0. The molecule has 2 heterocycles. The van der Waals surface area contributed by atoms with Gasteiger partial charge >= 0.3 is 6.18 Å². The molecule has 1 fully saturated rings. The number of nitrogens with one attached hydrogen (secondary N) is 1. The van der Waals surface area contributed by atoms with Crippen molar-refractivity contribution >= 4 is 29.0 Å². The Labute approximate surface area is 198 Å². The fourth-order valence-electron chi connectivity index (χ4n) is 3.19. The quantitative estimate of drug-likeness (QED) is 0.313. The van der Waals surface area contributed by atoms with Gasteiger partial charge < -0.3 is 19.7 Å². The first-order valence-electron chi connectivity index (χ1n) is 10.4. The number of carbonyl (C=O) groups is 1. The number of alkyl halides is 3. The number of hydrogen-bond acceptors (Lipinski definition) is 7. The van der Waals surface area contributed by atoms with Crippen LogP contribution in [0.2, 0.25) is 5.02 Å². The molecule has 2 aromatic rings. The van der Waals surface area contributed by atoms with Crippen molar-refractivity contribution in [1.29, 1.82) is 0 Å². The van der Waals surface area contributed by atoms with E-state index < -0.39 is 22.6 Å². The average molecular weight is 503 g/mol. The number of anilines is 1. The number of amides is 1. The van der Waals surface area contributed by atoms with Crippen molar-refractivity contribution in [2.75, 3.05) is 44.4 Å². The zero-order valence-electron chi connectivity index (χ0n) is 17.9. The highest BCUT2D eigenvalue weighted by atomic mass is 35.5. The Morgan fingerprint density at radius 2 is 1.97 bits per heavy atom. The molecule has 13 heteroatoms. The van der Waals surface area contributed by atoms with Gasteiger partial charge in [-0.15, -0.1) is 0 Å². The van der Waals surface area contributed by atoms with E-state index in [1.165, 1.54) is 12.1 Å². The van der Waals surface area contributed by atoms with Gasteiger partial charge in [0.25, 0.3) is 11.6 Å². The van der Waals surface area contributed by atoms with Crippen molar-refractivity contribution in [1.82, 2.24) is 10.3 Å². The lowest BCUT2D eigenvalue weighted by Gasteiger charge is -2.28. The number of unbranched alkanes of at least 4 members (excludes halogenated alkanes) is 1. The molecular weight excluding hydrogens is 481 g/mol. The van der Waals surface area contributed by atoms with E-state index in [1.807, 2.05) is 0 Å². The summed E-state index contributed by atoms with van der Waals surface area (Å²) in [6.07, 6.45) is -3.67. The molecule has 1 amide bonds. The maximum Gasteiger partial charge on any atom is 0.416 e. The van der Waals surface area contributed by atoms with Crippen molar-refractivity contribution < 1.29 is 32.4 Å². The lowest BCUT2D eigenvalue weighted by atomic mass is 10.2. The maximum absolute atomic E-state index is 13.3. The van der Waals surface area contributed by atoms with Crippen LogP contribution in [0.4, 0.5) is 24.7 Å². The van der Waals surface area contributed by atoms with E-state index in [-0.39, 0.29) is 41.1 Å². The van der Waals surface area contributed by atoms with E-state index >= 15 is 0 Å². The largest absolute Gasteiger partial charge is 0.478 e. The van der Waals surface area contributed by atoms with E-state index in [0.717, 1.165) is 18.2 Å². The third-order valence-electron chi connectivity index (χ3n) is 4.96. The summed E-state index contributed by atoms with van der Waals surface area (Å²) in [5.41, 5.74) is -1.12. The first kappa shape index (κ1) is 25.5. The molecule has 1 aromatic carbocycles. The number of non-ortho nitro benzene ring substituents is 1. The van der Waals surface area contributed by atoms with Gasteiger partial charge in [0.05, 0.1) is 40.9 Å². The number of nitro groups is 1. The molecule has 1 aliphatic rings. The molecule has 1 aliphatic heterocycles. The number of benzene rings is 1. The topological polar surface area (TPSA) is 107 Å². The third kappa shape index (κ3) is 6.94. The minimum Gasteiger partial charge on any atom is -0.478 e. The number of hydrogen-bond donors (Lipinski definition) is 1. The molecule has 0 saturated carbocycles. The van der Waals surface area contributed by atoms with Crippen LogP contribution in [0.25, 0.3) is 0 Å². The number of ether oxygens (including phenoxy) is 2. The molecule has 34 heavy (non-hydrogen) atoms. The number of halogens is 4. The van der Waals surface area contributed by atoms with Crippen LogP contribution in [-0.2, 0) is 10.9 Å². The lowest BCUT2D eigenvalue weighted by molar-refractivity contribution is -0.384. The predicted octanol–water partition coefficient (Wildman–Crippen LogP) is 4.09. The van der Waals surface area contributed by atoms with Crippen LogP contribution < -0.4 is 15.0 Å². The highest BCUT2D eigenvalue weighted by Gasteiger charge is 2.32. The molecule has 0 aliphatic carbocycles. The number of pyridine rings is 1. The van der Waals surface area contributed by atoms with E-state index in [0.29, 0.717) is 39.1 Å². The van der Waals surface area contributed by atoms with Crippen molar-refractivity contribution in [3.63, 3.8) is 0 Å². The van der Waals surface area contributed by atoms with Crippen LogP contribution in [0.3, 0.4) is 0 Å². The van der Waals surface area contributed by atoms with Gasteiger partial charge in [-0.3, -0.25) is 14.9 Å². The van der Waals surface area contributed by atoms with E-state index in [9.17, 15) is 28.1 Å². The van der Waals surface area contributed by atoms with E-state index in [2.05, 4.69) is 10.3 Å². The van der Waals surface area contributed by atoms with Crippen LogP contribution in [0, 0.1) is 10.1 Å². The highest BCUT2D eigenvalue weighted by Crippen LogP contribution is 2.33. The number of nitro benzene ring substituents is 1. The molecule has 0 unspecified atom stereocenters. The number of morpholine rings is 1. The minimum atomic E-state index is -4.54. The SMILES string of the molecule is O=C(NCCCCOc1cc(C(F)(F)F)cc(N2CCOCC2)n1)c1cc([N+](=O)[O-])ccc1Cl. The zero-order chi connectivity index (χ0) is 24.7. The molecule has 9 nitrogen and oxygen atoms in total. The number of aromatic nitrogens is 1. The van der Waals surface area contributed by atoms with Gasteiger partial charge in [0, 0.05) is 37.8 Å². The summed E-state index contributed by atoms with van der Waals surface area (Å²) in [5.74, 6) is -0.526. The summed E-state index contributed by atoms with van der Waals surface area (Å²) in [6.45, 7) is 1.98. The van der Waals surface area contributed by atoms with Crippen molar-refractivity contribution in [2.45, 2.75) is 19.0 Å². The standard InChI is InChI=1S/C21H22ClF3N4O5/c22-17-4-3-15(29(31)32)13-16(17)20(30)26-5-1-2-8-34-19-12-14(21(23,24)25)11-18(27-19)28-6-9-33-10-7-28/h3-4,11-13H,1-2,5-10H2,(H,26,30). The molecule has 3 rings (SSSR count). The first-order valence-corrected chi connectivity index (χ1v) is 10.8.